The van der Waals surface area contributed by atoms with E-state index in [1.807, 2.05) is 24.4 Å². The summed E-state index contributed by atoms with van der Waals surface area (Å²) in [5.74, 6) is 0.0150. The second-order valence-electron chi connectivity index (χ2n) is 5.39. The van der Waals surface area contributed by atoms with Crippen LogP contribution in [0.1, 0.15) is 11.1 Å². The van der Waals surface area contributed by atoms with Crippen LogP contribution in [0.25, 0.3) is 22.0 Å². The van der Waals surface area contributed by atoms with E-state index in [-0.39, 0.29) is 5.91 Å². The summed E-state index contributed by atoms with van der Waals surface area (Å²) in [6, 6.07) is 16.4. The first kappa shape index (κ1) is 14.3. The normalized spacial score (nSPS) is 10.6. The Morgan fingerprint density at radius 1 is 1.05 bits per heavy atom. The summed E-state index contributed by atoms with van der Waals surface area (Å²) in [5.41, 5.74) is 4.29. The van der Waals surface area contributed by atoms with E-state index in [0.717, 1.165) is 27.6 Å². The van der Waals surface area contributed by atoms with Crippen molar-refractivity contribution in [2.75, 3.05) is 7.05 Å². The number of likely N-dealkylation sites (N-methyl/N-ethyl adjacent to an activating group) is 1. The van der Waals surface area contributed by atoms with Gasteiger partial charge in [0.25, 0.3) is 0 Å². The SMILES string of the molecule is CNC(=O)Cc1cccc2c(-c3ccc(C)cc3)nccc12. The molecule has 0 aliphatic heterocycles. The maximum absolute atomic E-state index is 11.7. The molecule has 110 valence electrons. The van der Waals surface area contributed by atoms with E-state index in [1.54, 1.807) is 7.05 Å². The van der Waals surface area contributed by atoms with Gasteiger partial charge in [-0.3, -0.25) is 9.78 Å². The third kappa shape index (κ3) is 2.70. The summed E-state index contributed by atoms with van der Waals surface area (Å²) < 4.78 is 0. The number of carbonyl (C=O) groups is 1. The number of aromatic nitrogens is 1. The number of hydrogen-bond donors (Lipinski definition) is 1. The first-order valence-electron chi connectivity index (χ1n) is 7.33. The molecule has 22 heavy (non-hydrogen) atoms. The second-order valence-corrected chi connectivity index (χ2v) is 5.39. The fraction of sp³-hybridized carbons (Fsp3) is 0.158. The molecule has 2 aromatic carbocycles. The Morgan fingerprint density at radius 2 is 1.82 bits per heavy atom. The van der Waals surface area contributed by atoms with Crippen LogP contribution in [0.15, 0.2) is 54.7 Å². The lowest BCUT2D eigenvalue weighted by molar-refractivity contribution is -0.119. The number of fused-ring (bicyclic) bond motifs is 1. The Morgan fingerprint density at radius 3 is 2.55 bits per heavy atom. The molecule has 3 rings (SSSR count). The molecule has 1 N–H and O–H groups in total. The molecular weight excluding hydrogens is 272 g/mol. The Hall–Kier alpha value is -2.68. The van der Waals surface area contributed by atoms with Gasteiger partial charge in [-0.1, -0.05) is 48.0 Å². The average molecular weight is 290 g/mol. The van der Waals surface area contributed by atoms with Crippen molar-refractivity contribution in [2.24, 2.45) is 0 Å². The lowest BCUT2D eigenvalue weighted by atomic mass is 9.98. The van der Waals surface area contributed by atoms with Crippen LogP contribution in [0.3, 0.4) is 0 Å². The van der Waals surface area contributed by atoms with Gasteiger partial charge in [-0.05, 0) is 23.9 Å². The molecule has 0 fully saturated rings. The summed E-state index contributed by atoms with van der Waals surface area (Å²) in [5, 5.41) is 4.83. The fourth-order valence-electron chi connectivity index (χ4n) is 2.63. The highest BCUT2D eigenvalue weighted by molar-refractivity contribution is 5.98. The van der Waals surface area contributed by atoms with Gasteiger partial charge in [-0.15, -0.1) is 0 Å². The quantitative estimate of drug-likeness (QED) is 0.802. The molecule has 0 radical (unpaired) electrons. The van der Waals surface area contributed by atoms with Gasteiger partial charge in [0.1, 0.15) is 0 Å². The number of nitrogens with one attached hydrogen (secondary N) is 1. The number of carbonyl (C=O) groups excluding carboxylic acids is 1. The average Bonchev–Trinajstić information content (AvgIpc) is 2.55. The molecule has 3 aromatic rings. The minimum Gasteiger partial charge on any atom is -0.359 e. The van der Waals surface area contributed by atoms with Crippen LogP contribution >= 0.6 is 0 Å². The van der Waals surface area contributed by atoms with Gasteiger partial charge in [0.2, 0.25) is 5.91 Å². The molecule has 0 bridgehead atoms. The topological polar surface area (TPSA) is 42.0 Å². The molecule has 0 unspecified atom stereocenters. The van der Waals surface area contributed by atoms with Gasteiger partial charge in [0, 0.05) is 24.2 Å². The molecule has 0 spiro atoms. The zero-order valence-electron chi connectivity index (χ0n) is 12.8. The Bertz CT molecular complexity index is 822. The number of rotatable bonds is 3. The monoisotopic (exact) mass is 290 g/mol. The summed E-state index contributed by atoms with van der Waals surface area (Å²) in [6.07, 6.45) is 2.19. The largest absolute Gasteiger partial charge is 0.359 e. The molecule has 0 saturated carbocycles. The minimum absolute atomic E-state index is 0.0150. The first-order valence-corrected chi connectivity index (χ1v) is 7.33. The summed E-state index contributed by atoms with van der Waals surface area (Å²) in [7, 11) is 1.66. The molecule has 3 heteroatoms. The van der Waals surface area contributed by atoms with Gasteiger partial charge in [0.05, 0.1) is 12.1 Å². The van der Waals surface area contributed by atoms with E-state index in [1.165, 1.54) is 5.56 Å². The standard InChI is InChI=1S/C19H18N2O/c1-13-6-8-14(9-7-13)19-17-5-3-4-15(12-18(22)20-2)16(17)10-11-21-19/h3-11H,12H2,1-2H3,(H,20,22). The van der Waals surface area contributed by atoms with Crippen molar-refractivity contribution in [3.8, 4) is 11.3 Å². The van der Waals surface area contributed by atoms with Crippen molar-refractivity contribution in [2.45, 2.75) is 13.3 Å². The number of amides is 1. The number of benzene rings is 2. The Balaban J connectivity index is 2.15. The van der Waals surface area contributed by atoms with E-state index in [0.29, 0.717) is 6.42 Å². The Kier molecular flexibility index (Phi) is 3.88. The predicted molar refractivity (Wildman–Crippen MR) is 89.7 cm³/mol. The van der Waals surface area contributed by atoms with Gasteiger partial charge in [-0.25, -0.2) is 0 Å². The molecular formula is C19H18N2O. The van der Waals surface area contributed by atoms with Crippen LogP contribution in [-0.4, -0.2) is 17.9 Å². The van der Waals surface area contributed by atoms with Gasteiger partial charge >= 0.3 is 0 Å². The van der Waals surface area contributed by atoms with Crippen LogP contribution < -0.4 is 5.32 Å². The zero-order valence-corrected chi connectivity index (χ0v) is 12.8. The Labute approximate surface area is 130 Å². The molecule has 0 saturated heterocycles. The van der Waals surface area contributed by atoms with Crippen LogP contribution in [0.5, 0.6) is 0 Å². The first-order chi connectivity index (χ1) is 10.7. The van der Waals surface area contributed by atoms with Crippen molar-refractivity contribution in [3.63, 3.8) is 0 Å². The molecule has 1 heterocycles. The van der Waals surface area contributed by atoms with E-state index >= 15 is 0 Å². The smallest absolute Gasteiger partial charge is 0.224 e. The maximum Gasteiger partial charge on any atom is 0.224 e. The zero-order chi connectivity index (χ0) is 15.5. The maximum atomic E-state index is 11.7. The summed E-state index contributed by atoms with van der Waals surface area (Å²) in [4.78, 5) is 16.2. The molecule has 0 atom stereocenters. The number of nitrogens with zero attached hydrogens (tertiary/aromatic N) is 1. The molecule has 1 amide bonds. The lowest BCUT2D eigenvalue weighted by Gasteiger charge is -2.10. The lowest BCUT2D eigenvalue weighted by Crippen LogP contribution is -2.20. The van der Waals surface area contributed by atoms with Crippen molar-refractivity contribution < 1.29 is 4.79 Å². The molecule has 0 aliphatic carbocycles. The second kappa shape index (κ2) is 5.98. The van der Waals surface area contributed by atoms with Crippen LogP contribution in [-0.2, 0) is 11.2 Å². The molecule has 3 nitrogen and oxygen atoms in total. The fourth-order valence-corrected chi connectivity index (χ4v) is 2.63. The predicted octanol–water partition coefficient (Wildman–Crippen LogP) is 3.50. The van der Waals surface area contributed by atoms with Gasteiger partial charge in [-0.2, -0.15) is 0 Å². The van der Waals surface area contributed by atoms with Crippen molar-refractivity contribution >= 4 is 16.7 Å². The van der Waals surface area contributed by atoms with E-state index in [9.17, 15) is 4.79 Å². The summed E-state index contributed by atoms with van der Waals surface area (Å²) in [6.45, 7) is 2.07. The van der Waals surface area contributed by atoms with Crippen molar-refractivity contribution in [3.05, 3.63) is 65.9 Å². The van der Waals surface area contributed by atoms with Gasteiger partial charge in [0.15, 0.2) is 0 Å². The third-order valence-electron chi connectivity index (χ3n) is 3.85. The van der Waals surface area contributed by atoms with Crippen LogP contribution in [0.2, 0.25) is 0 Å². The van der Waals surface area contributed by atoms with E-state index in [2.05, 4.69) is 47.6 Å². The van der Waals surface area contributed by atoms with Gasteiger partial charge < -0.3 is 5.32 Å². The van der Waals surface area contributed by atoms with Crippen LogP contribution in [0, 0.1) is 6.92 Å². The molecule has 1 aromatic heterocycles. The number of pyridine rings is 1. The van der Waals surface area contributed by atoms with E-state index < -0.39 is 0 Å². The third-order valence-corrected chi connectivity index (χ3v) is 3.85. The highest BCUT2D eigenvalue weighted by Crippen LogP contribution is 2.28. The molecule has 0 aliphatic rings. The van der Waals surface area contributed by atoms with Crippen molar-refractivity contribution in [1.29, 1.82) is 0 Å². The van der Waals surface area contributed by atoms with E-state index in [4.69, 9.17) is 0 Å². The van der Waals surface area contributed by atoms with Crippen LogP contribution in [0.4, 0.5) is 0 Å². The number of hydrogen-bond acceptors (Lipinski definition) is 2. The van der Waals surface area contributed by atoms with Crippen molar-refractivity contribution in [1.82, 2.24) is 10.3 Å². The number of aryl methyl sites for hydroxylation is 1. The highest BCUT2D eigenvalue weighted by Gasteiger charge is 2.10. The highest BCUT2D eigenvalue weighted by atomic mass is 16.1. The minimum atomic E-state index is 0.0150. The summed E-state index contributed by atoms with van der Waals surface area (Å²) >= 11 is 0.